The highest BCUT2D eigenvalue weighted by Gasteiger charge is 2.13. The molecule has 0 saturated carbocycles. The van der Waals surface area contributed by atoms with Crippen molar-refractivity contribution in [1.29, 1.82) is 0 Å². The van der Waals surface area contributed by atoms with Gasteiger partial charge >= 0.3 is 11.9 Å². The molecule has 2 N–H and O–H groups in total. The van der Waals surface area contributed by atoms with Crippen LogP contribution in [0, 0.1) is 0 Å². The van der Waals surface area contributed by atoms with Crippen molar-refractivity contribution in [1.82, 2.24) is 0 Å². The predicted molar refractivity (Wildman–Crippen MR) is 27.9 cm³/mol. The van der Waals surface area contributed by atoms with Gasteiger partial charge in [0.25, 0.3) is 0 Å². The molecule has 0 heterocycles. The molecule has 0 aliphatic rings. The molecule has 0 aromatic rings. The van der Waals surface area contributed by atoms with Crippen LogP contribution in [-0.2, 0) is 9.59 Å². The van der Waals surface area contributed by atoms with E-state index in [-0.39, 0.29) is 0 Å². The van der Waals surface area contributed by atoms with Crippen LogP contribution < -0.4 is 0 Å². The number of carboxylic acids is 2. The number of carboxylic acid groups (broad SMARTS) is 2. The van der Waals surface area contributed by atoms with Crippen molar-refractivity contribution in [3.05, 3.63) is 0 Å². The van der Waals surface area contributed by atoms with Crippen LogP contribution in [-0.4, -0.2) is 27.0 Å². The summed E-state index contributed by atoms with van der Waals surface area (Å²) < 4.78 is 0. The number of aliphatic carboxylic acids is 2. The molecular formula is C3H2O4S. The highest BCUT2D eigenvalue weighted by molar-refractivity contribution is 7.83. The number of carbonyl (C=O) groups is 2. The van der Waals surface area contributed by atoms with Gasteiger partial charge in [-0.1, -0.05) is 12.2 Å². The first-order valence-corrected chi connectivity index (χ1v) is 1.97. The predicted octanol–water partition coefficient (Wildman–Crippen LogP) is -0.474. The zero-order chi connectivity index (χ0) is 6.73. The average molecular weight is 134 g/mol. The van der Waals surface area contributed by atoms with Crippen LogP contribution in [0.15, 0.2) is 0 Å². The van der Waals surface area contributed by atoms with E-state index in [0.29, 0.717) is 0 Å². The molecule has 0 aromatic heterocycles. The van der Waals surface area contributed by atoms with E-state index in [2.05, 4.69) is 12.2 Å². The first-order valence-electron chi connectivity index (χ1n) is 1.56. The standard InChI is InChI=1S/C3H2O4S/c4-2(5)1(8)3(6)7/h(H,4,5)(H,6,7). The molecule has 0 amide bonds. The third-order valence-corrected chi connectivity index (χ3v) is 0.738. The maximum absolute atomic E-state index is 9.62. The largest absolute Gasteiger partial charge is 0.477 e. The quantitative estimate of drug-likeness (QED) is 0.394. The van der Waals surface area contributed by atoms with Gasteiger partial charge in [-0.2, -0.15) is 0 Å². The van der Waals surface area contributed by atoms with E-state index < -0.39 is 16.8 Å². The first kappa shape index (κ1) is 7.03. The molecule has 0 rings (SSSR count). The van der Waals surface area contributed by atoms with Gasteiger partial charge in [0.1, 0.15) is 0 Å². The van der Waals surface area contributed by atoms with Gasteiger partial charge in [-0.25, -0.2) is 9.59 Å². The maximum Gasteiger partial charge on any atom is 0.354 e. The van der Waals surface area contributed by atoms with Gasteiger partial charge in [-0.15, -0.1) is 0 Å². The fraction of sp³-hybridized carbons (Fsp3) is 0. The molecule has 0 spiro atoms. The summed E-state index contributed by atoms with van der Waals surface area (Å²) in [6, 6.07) is 0. The molecule has 0 aliphatic carbocycles. The molecule has 5 heteroatoms. The number of thiocarbonyl (C=S) groups is 1. The second-order valence-electron chi connectivity index (χ2n) is 0.939. The van der Waals surface area contributed by atoms with Crippen LogP contribution >= 0.6 is 12.2 Å². The molecule has 0 atom stereocenters. The van der Waals surface area contributed by atoms with Crippen LogP contribution in [0.4, 0.5) is 0 Å². The molecular weight excluding hydrogens is 132 g/mol. The van der Waals surface area contributed by atoms with Crippen molar-refractivity contribution >= 4 is 29.0 Å². The maximum atomic E-state index is 9.62. The summed E-state index contributed by atoms with van der Waals surface area (Å²) in [5, 5.41) is 15.7. The average Bonchev–Trinajstić information content (AvgIpc) is 1.64. The molecule has 0 saturated heterocycles. The van der Waals surface area contributed by atoms with Crippen molar-refractivity contribution < 1.29 is 19.8 Å². The molecule has 4 nitrogen and oxygen atoms in total. The monoisotopic (exact) mass is 134 g/mol. The number of hydrogen-bond acceptors (Lipinski definition) is 3. The van der Waals surface area contributed by atoms with Crippen LogP contribution in [0.2, 0.25) is 0 Å². The van der Waals surface area contributed by atoms with Gasteiger partial charge in [0.2, 0.25) is 4.86 Å². The molecule has 44 valence electrons. The fourth-order valence-electron chi connectivity index (χ4n) is 0.0915. The number of hydrogen-bond donors (Lipinski definition) is 2. The first-order chi connectivity index (χ1) is 3.55. The van der Waals surface area contributed by atoms with E-state index in [1.165, 1.54) is 0 Å². The van der Waals surface area contributed by atoms with Gasteiger partial charge in [-0.05, 0) is 0 Å². The molecule has 0 bridgehead atoms. The summed E-state index contributed by atoms with van der Waals surface area (Å²) in [6.45, 7) is 0. The van der Waals surface area contributed by atoms with Crippen molar-refractivity contribution in [3.8, 4) is 0 Å². The van der Waals surface area contributed by atoms with Crippen molar-refractivity contribution in [2.75, 3.05) is 0 Å². The highest BCUT2D eigenvalue weighted by atomic mass is 32.1. The molecule has 0 fully saturated rings. The Balaban J connectivity index is 4.05. The van der Waals surface area contributed by atoms with Crippen molar-refractivity contribution in [2.24, 2.45) is 0 Å². The highest BCUT2D eigenvalue weighted by Crippen LogP contribution is 1.75. The van der Waals surface area contributed by atoms with Crippen molar-refractivity contribution in [2.45, 2.75) is 0 Å². The summed E-state index contributed by atoms with van der Waals surface area (Å²) in [5.41, 5.74) is 0. The molecule has 0 aliphatic heterocycles. The third kappa shape index (κ3) is 1.65. The Morgan fingerprint density at radius 2 is 1.38 bits per heavy atom. The minimum atomic E-state index is -1.58. The van der Waals surface area contributed by atoms with E-state index in [1.807, 2.05) is 0 Å². The van der Waals surface area contributed by atoms with E-state index in [0.717, 1.165) is 0 Å². The second-order valence-corrected chi connectivity index (χ2v) is 1.35. The van der Waals surface area contributed by atoms with E-state index >= 15 is 0 Å². The summed E-state index contributed by atoms with van der Waals surface area (Å²) in [7, 11) is 0. The zero-order valence-electron chi connectivity index (χ0n) is 3.62. The minimum absolute atomic E-state index is 0.981. The summed E-state index contributed by atoms with van der Waals surface area (Å²) in [5.74, 6) is -3.15. The Bertz CT molecular complexity index is 133. The third-order valence-electron chi connectivity index (χ3n) is 0.388. The fourth-order valence-corrected chi connectivity index (χ4v) is 0.0915. The van der Waals surface area contributed by atoms with E-state index in [9.17, 15) is 9.59 Å². The summed E-state index contributed by atoms with van der Waals surface area (Å²) >= 11 is 3.90. The SMILES string of the molecule is O=C(O)C(=S)C(=O)O. The Hall–Kier alpha value is -0.970. The topological polar surface area (TPSA) is 74.6 Å². The van der Waals surface area contributed by atoms with Gasteiger partial charge < -0.3 is 10.2 Å². The number of rotatable bonds is 2. The van der Waals surface area contributed by atoms with Gasteiger partial charge in [-0.3, -0.25) is 0 Å². The van der Waals surface area contributed by atoms with Crippen LogP contribution in [0.25, 0.3) is 0 Å². The lowest BCUT2D eigenvalue weighted by molar-refractivity contribution is -0.133. The molecule has 8 heavy (non-hydrogen) atoms. The minimum Gasteiger partial charge on any atom is -0.477 e. The zero-order valence-corrected chi connectivity index (χ0v) is 4.44. The molecule has 0 radical (unpaired) electrons. The lowest BCUT2D eigenvalue weighted by atomic mass is 10.4. The van der Waals surface area contributed by atoms with Crippen molar-refractivity contribution in [3.63, 3.8) is 0 Å². The lowest BCUT2D eigenvalue weighted by Crippen LogP contribution is -2.19. The summed E-state index contributed by atoms with van der Waals surface area (Å²) in [4.78, 5) is 18.3. The van der Waals surface area contributed by atoms with Gasteiger partial charge in [0, 0.05) is 0 Å². The Labute approximate surface area is 49.7 Å². The van der Waals surface area contributed by atoms with Gasteiger partial charge in [0.15, 0.2) is 0 Å². The van der Waals surface area contributed by atoms with Crippen LogP contribution in [0.5, 0.6) is 0 Å². The van der Waals surface area contributed by atoms with Gasteiger partial charge in [0.05, 0.1) is 0 Å². The molecule has 0 unspecified atom stereocenters. The second kappa shape index (κ2) is 2.37. The van der Waals surface area contributed by atoms with E-state index in [1.54, 1.807) is 0 Å². The Morgan fingerprint density at radius 3 is 1.38 bits per heavy atom. The Kier molecular flexibility index (Phi) is 2.08. The van der Waals surface area contributed by atoms with Crippen LogP contribution in [0.3, 0.4) is 0 Å². The van der Waals surface area contributed by atoms with Crippen LogP contribution in [0.1, 0.15) is 0 Å². The lowest BCUT2D eigenvalue weighted by Gasteiger charge is -1.83. The Morgan fingerprint density at radius 1 is 1.12 bits per heavy atom. The van der Waals surface area contributed by atoms with E-state index in [4.69, 9.17) is 10.2 Å². The normalized spacial score (nSPS) is 8.00. The molecule has 0 aromatic carbocycles. The smallest absolute Gasteiger partial charge is 0.354 e. The summed E-state index contributed by atoms with van der Waals surface area (Å²) in [6.07, 6.45) is 0.